The fourth-order valence-electron chi connectivity index (χ4n) is 3.97. The van der Waals surface area contributed by atoms with Gasteiger partial charge in [0, 0.05) is 0 Å². The lowest BCUT2D eigenvalue weighted by Gasteiger charge is -2.53. The monoisotopic (exact) mass is 249 g/mol. The molecule has 0 saturated heterocycles. The molecule has 0 amide bonds. The summed E-state index contributed by atoms with van der Waals surface area (Å²) in [4.78, 5) is 0. The summed E-state index contributed by atoms with van der Waals surface area (Å²) in [5, 5.41) is 4.06. The summed E-state index contributed by atoms with van der Waals surface area (Å²) in [6.07, 6.45) is 7.87. The van der Waals surface area contributed by atoms with E-state index in [0.717, 1.165) is 29.3 Å². The molecule has 5 heteroatoms. The molecule has 4 rings (SSSR count). The molecule has 2 N–H and O–H groups in total. The summed E-state index contributed by atoms with van der Waals surface area (Å²) in [6.45, 7) is 0. The van der Waals surface area contributed by atoms with Crippen LogP contribution in [0.2, 0.25) is 0 Å². The lowest BCUT2D eigenvalue weighted by molar-refractivity contribution is 0.0264. The third kappa shape index (κ3) is 2.72. The van der Waals surface area contributed by atoms with Gasteiger partial charge in [0.15, 0.2) is 10.9 Å². The maximum atomic E-state index is 8.81. The van der Waals surface area contributed by atoms with Crippen LogP contribution in [0.15, 0.2) is 0 Å². The predicted molar refractivity (Wildman–Crippen MR) is 65.0 cm³/mol. The number of rotatable bonds is 0. The highest BCUT2D eigenvalue weighted by Crippen LogP contribution is 2.55. The maximum Gasteiger partial charge on any atom is 0.198 e. The molecule has 4 aliphatic rings. The minimum absolute atomic E-state index is 1.00. The van der Waals surface area contributed by atoms with Crippen LogP contribution >= 0.6 is 9.24 Å². The van der Waals surface area contributed by atoms with Crippen LogP contribution in [0.25, 0.3) is 0 Å². The molecule has 0 heterocycles. The quantitative estimate of drug-likeness (QED) is 0.500. The lowest BCUT2D eigenvalue weighted by atomic mass is 9.56. The minimum atomic E-state index is -2.62. The Bertz CT molecular complexity index is 270. The van der Waals surface area contributed by atoms with Gasteiger partial charge in [-0.3, -0.25) is 0 Å². The Hall–Kier alpha value is 0.340. The molecular weight excluding hydrogens is 229 g/mol. The van der Waals surface area contributed by atoms with Gasteiger partial charge >= 0.3 is 0 Å². The van der Waals surface area contributed by atoms with Gasteiger partial charge in [0.25, 0.3) is 0 Å². The van der Waals surface area contributed by atoms with Crippen LogP contribution in [0.5, 0.6) is 0 Å². The van der Waals surface area contributed by atoms with E-state index in [1.54, 1.807) is 32.1 Å². The van der Waals surface area contributed by atoms with Crippen LogP contribution in [-0.2, 0) is 10.9 Å². The lowest BCUT2D eigenvalue weighted by Crippen LogP contribution is -2.45. The Kier molecular flexibility index (Phi) is 3.69. The number of thiol groups is 1. The molecule has 0 aromatic rings. The first-order chi connectivity index (χ1) is 7.06. The van der Waals surface area contributed by atoms with E-state index in [1.165, 1.54) is 0 Å². The zero-order valence-corrected chi connectivity index (χ0v) is 10.9. The van der Waals surface area contributed by atoms with Gasteiger partial charge in [-0.15, -0.1) is 9.24 Å². The normalized spacial score (nSPS) is 46.5. The molecule has 0 aromatic heterocycles. The Morgan fingerprint density at radius 3 is 1.60 bits per heavy atom. The van der Waals surface area contributed by atoms with Gasteiger partial charge in [-0.2, -0.15) is 0 Å². The predicted octanol–water partition coefficient (Wildman–Crippen LogP) is 1.16. The molecule has 3 nitrogen and oxygen atoms in total. The second-order valence-corrected chi connectivity index (χ2v) is 6.63. The first kappa shape index (κ1) is 11.8. The molecule has 0 aromatic carbocycles. The van der Waals surface area contributed by atoms with E-state index >= 15 is 0 Å². The van der Waals surface area contributed by atoms with Crippen LogP contribution in [-0.4, -0.2) is 14.1 Å². The highest BCUT2D eigenvalue weighted by molar-refractivity contribution is 7.69. The Labute approximate surface area is 95.5 Å². The van der Waals surface area contributed by atoms with Gasteiger partial charge in [0.05, 0.1) is 0 Å². The third-order valence-electron chi connectivity index (χ3n) is 4.30. The van der Waals surface area contributed by atoms with Crippen LogP contribution in [0, 0.1) is 23.7 Å². The average molecular weight is 249 g/mol. The van der Waals surface area contributed by atoms with Crippen LogP contribution in [0.1, 0.15) is 32.1 Å². The molecule has 4 saturated carbocycles. The Balaban J connectivity index is 0.000000188. The van der Waals surface area contributed by atoms with Crippen LogP contribution in [0.3, 0.4) is 0 Å². The Morgan fingerprint density at radius 2 is 1.27 bits per heavy atom. The summed E-state index contributed by atoms with van der Waals surface area (Å²) in [7, 11) is 0.497. The summed E-state index contributed by atoms with van der Waals surface area (Å²) in [5.41, 5.74) is 1.00. The van der Waals surface area contributed by atoms with Crippen LogP contribution < -0.4 is 5.14 Å². The zero-order valence-electron chi connectivity index (χ0n) is 8.84. The van der Waals surface area contributed by atoms with Gasteiger partial charge in [0.1, 0.15) is 0 Å². The fourth-order valence-corrected chi connectivity index (χ4v) is 4.60. The van der Waals surface area contributed by atoms with Crippen molar-refractivity contribution in [1.82, 2.24) is 0 Å². The standard InChI is InChI=1S/C10H17P.H3NO2S/c11-10-8-2-6-1-7(4-8)5-9(10)3-6;1-4(2)3/h6-10H,1-5,11H2;4H,(H2,1,2,3). The van der Waals surface area contributed by atoms with E-state index in [2.05, 4.69) is 14.4 Å². The van der Waals surface area contributed by atoms with E-state index < -0.39 is 10.9 Å². The molecule has 0 spiro atoms. The van der Waals surface area contributed by atoms with Crippen molar-refractivity contribution in [3.8, 4) is 0 Å². The molecule has 1 atom stereocenters. The molecule has 4 bridgehead atoms. The summed E-state index contributed by atoms with van der Waals surface area (Å²) >= 11 is 0. The molecule has 88 valence electrons. The molecule has 1 unspecified atom stereocenters. The van der Waals surface area contributed by atoms with E-state index in [-0.39, 0.29) is 0 Å². The van der Waals surface area contributed by atoms with Crippen molar-refractivity contribution in [3.63, 3.8) is 0 Å². The Morgan fingerprint density at radius 1 is 0.933 bits per heavy atom. The van der Waals surface area contributed by atoms with Crippen molar-refractivity contribution in [1.29, 1.82) is 0 Å². The van der Waals surface area contributed by atoms with Crippen molar-refractivity contribution < 1.29 is 8.42 Å². The van der Waals surface area contributed by atoms with Gasteiger partial charge in [-0.05, 0) is 61.4 Å². The summed E-state index contributed by atoms with van der Waals surface area (Å²) in [6, 6.07) is 0. The highest BCUT2D eigenvalue weighted by Gasteiger charge is 2.46. The number of nitrogens with two attached hydrogens (primary N) is 1. The van der Waals surface area contributed by atoms with E-state index in [9.17, 15) is 0 Å². The van der Waals surface area contributed by atoms with E-state index in [4.69, 9.17) is 8.42 Å². The molecular formula is C10H20NO2PS. The molecule has 4 fully saturated rings. The topological polar surface area (TPSA) is 60.2 Å². The number of hydrogen-bond acceptors (Lipinski definition) is 2. The summed E-state index contributed by atoms with van der Waals surface area (Å²) in [5.74, 6) is 4.51. The van der Waals surface area contributed by atoms with Crippen molar-refractivity contribution in [2.45, 2.75) is 37.8 Å². The van der Waals surface area contributed by atoms with Gasteiger partial charge in [-0.1, -0.05) is 0 Å². The molecule has 15 heavy (non-hydrogen) atoms. The van der Waals surface area contributed by atoms with Crippen molar-refractivity contribution >= 4 is 20.1 Å². The van der Waals surface area contributed by atoms with Crippen molar-refractivity contribution in [2.75, 3.05) is 0 Å². The second kappa shape index (κ2) is 4.68. The van der Waals surface area contributed by atoms with Crippen LogP contribution in [0.4, 0.5) is 0 Å². The number of hydrogen-bond donors (Lipinski definition) is 2. The van der Waals surface area contributed by atoms with Gasteiger partial charge in [-0.25, -0.2) is 13.6 Å². The molecule has 0 aliphatic heterocycles. The average Bonchev–Trinajstić information content (AvgIpc) is 2.11. The first-order valence-electron chi connectivity index (χ1n) is 5.71. The summed E-state index contributed by atoms with van der Waals surface area (Å²) < 4.78 is 17.6. The SMILES string of the molecule is N[SH](=O)=O.PC1C2CC3CC(C2)CC1C3. The smallest absolute Gasteiger partial charge is 0.198 e. The van der Waals surface area contributed by atoms with Crippen molar-refractivity contribution in [3.05, 3.63) is 0 Å². The van der Waals surface area contributed by atoms with E-state index in [0.29, 0.717) is 0 Å². The van der Waals surface area contributed by atoms with Crippen molar-refractivity contribution in [2.24, 2.45) is 28.8 Å². The first-order valence-corrected chi connectivity index (χ1v) is 7.62. The molecule has 0 radical (unpaired) electrons. The highest BCUT2D eigenvalue weighted by atomic mass is 32.2. The van der Waals surface area contributed by atoms with E-state index in [1.807, 2.05) is 0 Å². The van der Waals surface area contributed by atoms with Gasteiger partial charge in [0.2, 0.25) is 0 Å². The molecule has 4 aliphatic carbocycles. The zero-order chi connectivity index (χ0) is 11.0. The maximum absolute atomic E-state index is 8.81. The second-order valence-electron chi connectivity index (χ2n) is 5.29. The minimum Gasteiger partial charge on any atom is -0.231 e. The fraction of sp³-hybridized carbons (Fsp3) is 1.00. The third-order valence-corrected chi connectivity index (χ3v) is 5.39. The van der Waals surface area contributed by atoms with Gasteiger partial charge < -0.3 is 0 Å². The largest absolute Gasteiger partial charge is 0.231 e.